The van der Waals surface area contributed by atoms with E-state index in [1.807, 2.05) is 25.1 Å². The minimum absolute atomic E-state index is 0.0158. The van der Waals surface area contributed by atoms with Crippen molar-refractivity contribution in [1.29, 1.82) is 0 Å². The minimum Gasteiger partial charge on any atom is -0.353 e. The molecule has 1 N–H and O–H groups in total. The van der Waals surface area contributed by atoms with Crippen molar-refractivity contribution in [3.63, 3.8) is 0 Å². The first kappa shape index (κ1) is 24.1. The number of nitrogens with one attached hydrogen (secondary N) is 1. The summed E-state index contributed by atoms with van der Waals surface area (Å²) in [5.41, 5.74) is 1.85. The van der Waals surface area contributed by atoms with Crippen molar-refractivity contribution in [2.75, 3.05) is 13.1 Å². The molecule has 0 spiro atoms. The van der Waals surface area contributed by atoms with Gasteiger partial charge in [-0.25, -0.2) is 12.7 Å². The summed E-state index contributed by atoms with van der Waals surface area (Å²) in [6.07, 6.45) is 2.83. The second-order valence-corrected chi connectivity index (χ2v) is 10.9. The molecular weight excluding hydrogens is 455 g/mol. The Balaban J connectivity index is 1.46. The van der Waals surface area contributed by atoms with Crippen molar-refractivity contribution in [3.8, 4) is 0 Å². The largest absolute Gasteiger partial charge is 0.353 e. The molecule has 1 heterocycles. The zero-order valence-electron chi connectivity index (χ0n) is 17.6. The number of rotatable bonds is 8. The summed E-state index contributed by atoms with van der Waals surface area (Å²) >= 11 is 11.9. The second kappa shape index (κ2) is 10.8. The predicted octanol–water partition coefficient (Wildman–Crippen LogP) is 4.67. The highest BCUT2D eigenvalue weighted by Crippen LogP contribution is 2.26. The molecule has 3 rings (SSSR count). The number of hydrogen-bond acceptors (Lipinski definition) is 3. The number of halogens is 2. The fraction of sp³-hybridized carbons (Fsp3) is 0.435. The van der Waals surface area contributed by atoms with Crippen molar-refractivity contribution < 1.29 is 13.2 Å². The Labute approximate surface area is 194 Å². The number of aryl methyl sites for hydroxylation is 1. The second-order valence-electron chi connectivity index (χ2n) is 8.11. The molecule has 0 bridgehead atoms. The molecule has 0 aliphatic carbocycles. The van der Waals surface area contributed by atoms with Gasteiger partial charge in [0, 0.05) is 25.0 Å². The van der Waals surface area contributed by atoms with Crippen LogP contribution in [0.15, 0.2) is 48.5 Å². The van der Waals surface area contributed by atoms with Gasteiger partial charge in [0.05, 0.1) is 15.8 Å². The fourth-order valence-electron chi connectivity index (χ4n) is 3.79. The number of hydrogen-bond donors (Lipinski definition) is 1. The van der Waals surface area contributed by atoms with Gasteiger partial charge in [-0.3, -0.25) is 4.79 Å². The van der Waals surface area contributed by atoms with Crippen LogP contribution in [0.1, 0.15) is 37.3 Å². The molecule has 31 heavy (non-hydrogen) atoms. The van der Waals surface area contributed by atoms with E-state index in [9.17, 15) is 13.2 Å². The van der Waals surface area contributed by atoms with Gasteiger partial charge in [0.1, 0.15) is 0 Å². The van der Waals surface area contributed by atoms with Gasteiger partial charge in [0.2, 0.25) is 15.9 Å². The predicted molar refractivity (Wildman–Crippen MR) is 126 cm³/mol. The summed E-state index contributed by atoms with van der Waals surface area (Å²) in [4.78, 5) is 12.6. The molecule has 0 aromatic heterocycles. The van der Waals surface area contributed by atoms with Crippen molar-refractivity contribution in [2.24, 2.45) is 5.92 Å². The van der Waals surface area contributed by atoms with Gasteiger partial charge in [-0.2, -0.15) is 0 Å². The molecule has 1 aliphatic heterocycles. The van der Waals surface area contributed by atoms with E-state index in [0.29, 0.717) is 41.5 Å². The number of sulfonamides is 1. The highest BCUT2D eigenvalue weighted by Gasteiger charge is 2.31. The molecule has 1 unspecified atom stereocenters. The minimum atomic E-state index is -3.48. The Kier molecular flexibility index (Phi) is 8.39. The SMILES string of the molecule is CC(CCc1ccccc1)NC(=O)C1CCN(S(=O)(=O)Cc2ccc(Cl)c(Cl)c2)CC1. The summed E-state index contributed by atoms with van der Waals surface area (Å²) in [7, 11) is -3.48. The normalized spacial score (nSPS) is 16.7. The van der Waals surface area contributed by atoms with Gasteiger partial charge < -0.3 is 5.32 Å². The zero-order chi connectivity index (χ0) is 22.4. The van der Waals surface area contributed by atoms with Gasteiger partial charge in [-0.15, -0.1) is 0 Å². The molecule has 2 aromatic rings. The van der Waals surface area contributed by atoms with Crippen molar-refractivity contribution in [3.05, 3.63) is 69.7 Å². The van der Waals surface area contributed by atoms with Gasteiger partial charge in [-0.1, -0.05) is 59.6 Å². The molecule has 8 heteroatoms. The molecular formula is C23H28Cl2N2O3S. The monoisotopic (exact) mass is 482 g/mol. The molecule has 1 fully saturated rings. The first-order valence-corrected chi connectivity index (χ1v) is 12.9. The number of nitrogens with zero attached hydrogens (tertiary/aromatic N) is 1. The quantitative estimate of drug-likeness (QED) is 0.594. The average Bonchev–Trinajstić information content (AvgIpc) is 2.75. The Morgan fingerprint density at radius 3 is 2.39 bits per heavy atom. The van der Waals surface area contributed by atoms with E-state index < -0.39 is 10.0 Å². The van der Waals surface area contributed by atoms with E-state index in [1.165, 1.54) is 9.87 Å². The summed E-state index contributed by atoms with van der Waals surface area (Å²) in [5.74, 6) is -0.269. The first-order chi connectivity index (χ1) is 14.7. The maximum Gasteiger partial charge on any atom is 0.223 e. The smallest absolute Gasteiger partial charge is 0.223 e. The summed E-state index contributed by atoms with van der Waals surface area (Å²) < 4.78 is 27.0. The van der Waals surface area contributed by atoms with E-state index in [1.54, 1.807) is 18.2 Å². The Morgan fingerprint density at radius 1 is 1.06 bits per heavy atom. The maximum atomic E-state index is 12.8. The van der Waals surface area contributed by atoms with Crippen molar-refractivity contribution in [2.45, 2.75) is 44.4 Å². The van der Waals surface area contributed by atoms with Crippen molar-refractivity contribution in [1.82, 2.24) is 9.62 Å². The van der Waals surface area contributed by atoms with Crippen LogP contribution in [0.3, 0.4) is 0 Å². The Bertz CT molecular complexity index is 991. The third-order valence-corrected chi connectivity index (χ3v) is 8.24. The van der Waals surface area contributed by atoms with Crippen LogP contribution in [0, 0.1) is 5.92 Å². The first-order valence-electron chi connectivity index (χ1n) is 10.5. The molecule has 5 nitrogen and oxygen atoms in total. The lowest BCUT2D eigenvalue weighted by molar-refractivity contribution is -0.126. The summed E-state index contributed by atoms with van der Waals surface area (Å²) in [6, 6.07) is 15.1. The summed E-state index contributed by atoms with van der Waals surface area (Å²) in [6.45, 7) is 2.71. The standard InChI is InChI=1S/C23H28Cl2N2O3S/c1-17(7-8-18-5-3-2-4-6-18)26-23(28)20-11-13-27(14-12-20)31(29,30)16-19-9-10-21(24)22(25)15-19/h2-6,9-10,15,17,20H,7-8,11-14,16H2,1H3,(H,26,28). The molecule has 0 saturated carbocycles. The number of benzene rings is 2. The maximum absolute atomic E-state index is 12.8. The number of piperidine rings is 1. The van der Waals surface area contributed by atoms with Gasteiger partial charge in [0.15, 0.2) is 0 Å². The molecule has 1 amide bonds. The van der Waals surface area contributed by atoms with E-state index >= 15 is 0 Å². The highest BCUT2D eigenvalue weighted by molar-refractivity contribution is 7.88. The van der Waals surface area contributed by atoms with E-state index in [4.69, 9.17) is 23.2 Å². The van der Waals surface area contributed by atoms with Gasteiger partial charge in [0.25, 0.3) is 0 Å². The molecule has 2 aromatic carbocycles. The zero-order valence-corrected chi connectivity index (χ0v) is 19.9. The number of carbonyl (C=O) groups is 1. The lowest BCUT2D eigenvalue weighted by Crippen LogP contribution is -2.45. The van der Waals surface area contributed by atoms with Crippen LogP contribution in [-0.4, -0.2) is 37.8 Å². The Hall–Kier alpha value is -1.60. The lowest BCUT2D eigenvalue weighted by atomic mass is 9.96. The molecule has 0 radical (unpaired) electrons. The van der Waals surface area contributed by atoms with Gasteiger partial charge >= 0.3 is 0 Å². The van der Waals surface area contributed by atoms with Crippen LogP contribution in [-0.2, 0) is 27.0 Å². The topological polar surface area (TPSA) is 66.5 Å². The van der Waals surface area contributed by atoms with Crippen LogP contribution < -0.4 is 5.32 Å². The van der Waals surface area contributed by atoms with E-state index in [0.717, 1.165) is 12.8 Å². The Morgan fingerprint density at radius 2 is 1.74 bits per heavy atom. The lowest BCUT2D eigenvalue weighted by Gasteiger charge is -2.31. The van der Waals surface area contributed by atoms with Crippen LogP contribution in [0.4, 0.5) is 0 Å². The number of amides is 1. The third kappa shape index (κ3) is 6.94. The molecule has 1 atom stereocenters. The highest BCUT2D eigenvalue weighted by atomic mass is 35.5. The fourth-order valence-corrected chi connectivity index (χ4v) is 5.66. The van der Waals surface area contributed by atoms with E-state index in [2.05, 4.69) is 17.4 Å². The van der Waals surface area contributed by atoms with Crippen LogP contribution in [0.25, 0.3) is 0 Å². The molecule has 1 saturated heterocycles. The molecule has 168 valence electrons. The molecule has 1 aliphatic rings. The van der Waals surface area contributed by atoms with Crippen molar-refractivity contribution >= 4 is 39.1 Å². The third-order valence-electron chi connectivity index (χ3n) is 5.65. The van der Waals surface area contributed by atoms with Crippen LogP contribution in [0.5, 0.6) is 0 Å². The van der Waals surface area contributed by atoms with Crippen LogP contribution in [0.2, 0.25) is 10.0 Å². The summed E-state index contributed by atoms with van der Waals surface area (Å²) in [5, 5.41) is 3.83. The van der Waals surface area contributed by atoms with Gasteiger partial charge in [-0.05, 0) is 55.9 Å². The van der Waals surface area contributed by atoms with Crippen LogP contribution >= 0.6 is 23.2 Å². The van der Waals surface area contributed by atoms with E-state index in [-0.39, 0.29) is 23.6 Å². The number of carbonyl (C=O) groups excluding carboxylic acids is 1. The average molecular weight is 483 g/mol.